The Morgan fingerprint density at radius 1 is 1.21 bits per heavy atom. The molecule has 7 heteroatoms. The summed E-state index contributed by atoms with van der Waals surface area (Å²) in [4.78, 5) is 25.4. The molecule has 0 atom stereocenters. The Kier molecular flexibility index (Phi) is 7.14. The number of aromatic nitrogens is 1. The van der Waals surface area contributed by atoms with Gasteiger partial charge in [0.05, 0.1) is 11.3 Å². The maximum absolute atomic E-state index is 12.5. The SMILES string of the molecule is Cc1noc(C)c1CSc1ccccc1C(=O)OCC(=O)NC1CCCCC1. The maximum Gasteiger partial charge on any atom is 0.339 e. The van der Waals surface area contributed by atoms with Crippen LogP contribution >= 0.6 is 11.8 Å². The van der Waals surface area contributed by atoms with Crippen molar-refractivity contribution in [1.82, 2.24) is 10.5 Å². The van der Waals surface area contributed by atoms with Crippen LogP contribution < -0.4 is 5.32 Å². The van der Waals surface area contributed by atoms with E-state index in [9.17, 15) is 9.59 Å². The molecule has 1 aromatic carbocycles. The molecule has 150 valence electrons. The monoisotopic (exact) mass is 402 g/mol. The highest BCUT2D eigenvalue weighted by Crippen LogP contribution is 2.29. The fourth-order valence-corrected chi connectivity index (χ4v) is 4.54. The lowest BCUT2D eigenvalue weighted by molar-refractivity contribution is -0.125. The van der Waals surface area contributed by atoms with Gasteiger partial charge in [0.25, 0.3) is 5.91 Å². The number of nitrogens with one attached hydrogen (secondary N) is 1. The summed E-state index contributed by atoms with van der Waals surface area (Å²) < 4.78 is 10.5. The average Bonchev–Trinajstić information content (AvgIpc) is 3.03. The van der Waals surface area contributed by atoms with E-state index in [1.807, 2.05) is 26.0 Å². The molecule has 0 saturated heterocycles. The number of esters is 1. The third kappa shape index (κ3) is 5.38. The molecular weight excluding hydrogens is 376 g/mol. The number of nitrogens with zero attached hydrogens (tertiary/aromatic N) is 1. The summed E-state index contributed by atoms with van der Waals surface area (Å²) in [7, 11) is 0. The highest BCUT2D eigenvalue weighted by atomic mass is 32.2. The Balaban J connectivity index is 1.55. The van der Waals surface area contributed by atoms with Crippen molar-refractivity contribution in [3.63, 3.8) is 0 Å². The van der Waals surface area contributed by atoms with E-state index < -0.39 is 5.97 Å². The first-order chi connectivity index (χ1) is 13.5. The van der Waals surface area contributed by atoms with Crippen molar-refractivity contribution < 1.29 is 18.8 Å². The average molecular weight is 403 g/mol. The molecule has 2 aromatic rings. The molecule has 28 heavy (non-hydrogen) atoms. The number of aryl methyl sites for hydroxylation is 2. The van der Waals surface area contributed by atoms with Crippen molar-refractivity contribution in [3.8, 4) is 0 Å². The van der Waals surface area contributed by atoms with Crippen molar-refractivity contribution >= 4 is 23.6 Å². The molecule has 1 aliphatic carbocycles. The van der Waals surface area contributed by atoms with E-state index in [1.54, 1.807) is 12.1 Å². The van der Waals surface area contributed by atoms with Crippen LogP contribution in [0, 0.1) is 13.8 Å². The minimum Gasteiger partial charge on any atom is -0.452 e. The molecule has 1 aliphatic rings. The van der Waals surface area contributed by atoms with Gasteiger partial charge < -0.3 is 14.6 Å². The molecule has 0 spiro atoms. The van der Waals surface area contributed by atoms with Gasteiger partial charge in [-0.25, -0.2) is 4.79 Å². The molecule has 1 aromatic heterocycles. The largest absolute Gasteiger partial charge is 0.452 e. The molecular formula is C21H26N2O4S. The van der Waals surface area contributed by atoms with Crippen LogP contribution in [-0.4, -0.2) is 29.7 Å². The maximum atomic E-state index is 12.5. The number of carbonyl (C=O) groups excluding carboxylic acids is 2. The fourth-order valence-electron chi connectivity index (χ4n) is 3.34. The van der Waals surface area contributed by atoms with Crippen molar-refractivity contribution in [3.05, 3.63) is 46.8 Å². The van der Waals surface area contributed by atoms with Crippen molar-refractivity contribution in [2.75, 3.05) is 6.61 Å². The summed E-state index contributed by atoms with van der Waals surface area (Å²) in [6.45, 7) is 3.52. The van der Waals surface area contributed by atoms with Crippen LogP contribution in [0.3, 0.4) is 0 Å². The van der Waals surface area contributed by atoms with Gasteiger partial charge in [0.2, 0.25) is 0 Å². The van der Waals surface area contributed by atoms with Gasteiger partial charge in [-0.05, 0) is 38.8 Å². The molecule has 1 saturated carbocycles. The Morgan fingerprint density at radius 2 is 1.96 bits per heavy atom. The van der Waals surface area contributed by atoms with Crippen molar-refractivity contribution in [1.29, 1.82) is 0 Å². The number of rotatable bonds is 7. The summed E-state index contributed by atoms with van der Waals surface area (Å²) in [6.07, 6.45) is 5.51. The number of thioether (sulfide) groups is 1. The van der Waals surface area contributed by atoms with E-state index in [-0.39, 0.29) is 18.6 Å². The van der Waals surface area contributed by atoms with Gasteiger partial charge >= 0.3 is 5.97 Å². The number of hydrogen-bond acceptors (Lipinski definition) is 6. The highest BCUT2D eigenvalue weighted by molar-refractivity contribution is 7.98. The van der Waals surface area contributed by atoms with Gasteiger partial charge in [-0.15, -0.1) is 11.8 Å². The van der Waals surface area contributed by atoms with Crippen LogP contribution in [0.1, 0.15) is 59.5 Å². The first kappa shape index (κ1) is 20.5. The zero-order valence-corrected chi connectivity index (χ0v) is 17.1. The molecule has 0 radical (unpaired) electrons. The lowest BCUT2D eigenvalue weighted by Gasteiger charge is -2.22. The number of benzene rings is 1. The Labute approximate surface area is 169 Å². The summed E-state index contributed by atoms with van der Waals surface area (Å²) in [6, 6.07) is 7.47. The van der Waals surface area contributed by atoms with Crippen molar-refractivity contribution in [2.45, 2.75) is 62.6 Å². The number of ether oxygens (including phenoxy) is 1. The lowest BCUT2D eigenvalue weighted by atomic mass is 9.95. The van der Waals surface area contributed by atoms with E-state index >= 15 is 0 Å². The van der Waals surface area contributed by atoms with Gasteiger partial charge in [0.15, 0.2) is 6.61 Å². The molecule has 0 unspecified atom stereocenters. The molecule has 6 nitrogen and oxygen atoms in total. The third-order valence-electron chi connectivity index (χ3n) is 4.96. The Morgan fingerprint density at radius 3 is 2.68 bits per heavy atom. The molecule has 1 heterocycles. The van der Waals surface area contributed by atoms with Crippen LogP contribution in [-0.2, 0) is 15.3 Å². The summed E-state index contributed by atoms with van der Waals surface area (Å²) in [5, 5.41) is 6.92. The molecule has 0 aliphatic heterocycles. The zero-order valence-electron chi connectivity index (χ0n) is 16.3. The predicted molar refractivity (Wildman–Crippen MR) is 107 cm³/mol. The number of amides is 1. The van der Waals surface area contributed by atoms with E-state index in [1.165, 1.54) is 18.2 Å². The number of hydrogen-bond donors (Lipinski definition) is 1. The second-order valence-corrected chi connectivity index (χ2v) is 8.08. The quantitative estimate of drug-likeness (QED) is 0.552. The second kappa shape index (κ2) is 9.78. The minimum atomic E-state index is -0.486. The van der Waals surface area contributed by atoms with Gasteiger partial charge in [0, 0.05) is 22.3 Å². The number of carbonyl (C=O) groups is 2. The molecule has 1 fully saturated rings. The first-order valence-electron chi connectivity index (χ1n) is 9.64. The van der Waals surface area contributed by atoms with Gasteiger partial charge in [0.1, 0.15) is 5.76 Å². The van der Waals surface area contributed by atoms with E-state index in [4.69, 9.17) is 9.26 Å². The Hall–Kier alpha value is -2.28. The Bertz CT molecular complexity index is 808. The minimum absolute atomic E-state index is 0.206. The lowest BCUT2D eigenvalue weighted by Crippen LogP contribution is -2.38. The third-order valence-corrected chi connectivity index (χ3v) is 6.06. The van der Waals surface area contributed by atoms with Gasteiger partial charge in [-0.2, -0.15) is 0 Å². The van der Waals surface area contributed by atoms with Crippen LogP contribution in [0.15, 0.2) is 33.7 Å². The standard InChI is InChI=1S/C21H26N2O4S/c1-14-18(15(2)27-23-14)13-28-19-11-7-6-10-17(19)21(25)26-12-20(24)22-16-8-4-3-5-9-16/h6-7,10-11,16H,3-5,8-9,12-13H2,1-2H3,(H,22,24). The van der Waals surface area contributed by atoms with Crippen LogP contribution in [0.5, 0.6) is 0 Å². The van der Waals surface area contributed by atoms with E-state index in [0.29, 0.717) is 11.3 Å². The van der Waals surface area contributed by atoms with E-state index in [2.05, 4.69) is 10.5 Å². The second-order valence-electron chi connectivity index (χ2n) is 7.07. The summed E-state index contributed by atoms with van der Waals surface area (Å²) in [5.74, 6) is 0.708. The first-order valence-corrected chi connectivity index (χ1v) is 10.6. The zero-order chi connectivity index (χ0) is 19.9. The van der Waals surface area contributed by atoms with Crippen LogP contribution in [0.2, 0.25) is 0 Å². The fraction of sp³-hybridized carbons (Fsp3) is 0.476. The molecule has 3 rings (SSSR count). The predicted octanol–water partition coefficient (Wildman–Crippen LogP) is 4.19. The van der Waals surface area contributed by atoms with Crippen LogP contribution in [0.4, 0.5) is 0 Å². The van der Waals surface area contributed by atoms with Crippen LogP contribution in [0.25, 0.3) is 0 Å². The molecule has 1 N–H and O–H groups in total. The highest BCUT2D eigenvalue weighted by Gasteiger charge is 2.19. The summed E-state index contributed by atoms with van der Waals surface area (Å²) >= 11 is 1.52. The normalized spacial score (nSPS) is 14.6. The van der Waals surface area contributed by atoms with Gasteiger partial charge in [-0.3, -0.25) is 4.79 Å². The topological polar surface area (TPSA) is 81.4 Å². The van der Waals surface area contributed by atoms with Gasteiger partial charge in [-0.1, -0.05) is 36.6 Å². The molecule has 1 amide bonds. The summed E-state index contributed by atoms with van der Waals surface area (Å²) in [5.41, 5.74) is 2.34. The van der Waals surface area contributed by atoms with E-state index in [0.717, 1.165) is 47.6 Å². The molecule has 0 bridgehead atoms. The van der Waals surface area contributed by atoms with Crippen molar-refractivity contribution in [2.24, 2.45) is 0 Å². The smallest absolute Gasteiger partial charge is 0.339 e.